The fourth-order valence-electron chi connectivity index (χ4n) is 3.84. The molecule has 1 aromatic carbocycles. The van der Waals surface area contributed by atoms with Gasteiger partial charge in [-0.1, -0.05) is 6.92 Å². The summed E-state index contributed by atoms with van der Waals surface area (Å²) in [6, 6.07) is 5.35. The van der Waals surface area contributed by atoms with E-state index >= 15 is 0 Å². The summed E-state index contributed by atoms with van der Waals surface area (Å²) in [5.41, 5.74) is 3.56. The third kappa shape index (κ3) is 2.20. The largest absolute Gasteiger partial charge is 0.422 e. The summed E-state index contributed by atoms with van der Waals surface area (Å²) in [5.74, 6) is 0. The van der Waals surface area contributed by atoms with E-state index in [1.165, 1.54) is 6.07 Å². The van der Waals surface area contributed by atoms with Crippen LogP contribution in [-0.2, 0) is 6.42 Å². The molecule has 0 bridgehead atoms. The van der Waals surface area contributed by atoms with Crippen molar-refractivity contribution in [1.29, 1.82) is 0 Å². The van der Waals surface area contributed by atoms with Gasteiger partial charge in [-0.2, -0.15) is 0 Å². The van der Waals surface area contributed by atoms with E-state index in [2.05, 4.69) is 23.0 Å². The van der Waals surface area contributed by atoms with Crippen molar-refractivity contribution in [2.45, 2.75) is 27.2 Å². The lowest BCUT2D eigenvalue weighted by Gasteiger charge is -2.06. The van der Waals surface area contributed by atoms with Crippen LogP contribution in [0.5, 0.6) is 0 Å². The Morgan fingerprint density at radius 2 is 1.93 bits per heavy atom. The molecule has 0 radical (unpaired) electrons. The smallest absolute Gasteiger partial charge is 0.345 e. The van der Waals surface area contributed by atoms with E-state index in [0.29, 0.717) is 23.0 Å². The van der Waals surface area contributed by atoms with Crippen LogP contribution in [0, 0.1) is 13.8 Å². The number of hydrogen-bond donors (Lipinski definition) is 1. The Morgan fingerprint density at radius 3 is 2.70 bits per heavy atom. The normalized spacial score (nSPS) is 12.0. The predicted octanol–water partition coefficient (Wildman–Crippen LogP) is 4.58. The van der Waals surface area contributed by atoms with Gasteiger partial charge in [0.15, 0.2) is 5.43 Å². The molecule has 4 heterocycles. The number of benzene rings is 1. The maximum atomic E-state index is 12.5. The van der Waals surface area contributed by atoms with Gasteiger partial charge < -0.3 is 9.40 Å². The van der Waals surface area contributed by atoms with Crippen LogP contribution in [0.2, 0.25) is 0 Å². The molecule has 0 spiro atoms. The average Bonchev–Trinajstić information content (AvgIpc) is 2.99. The van der Waals surface area contributed by atoms with Gasteiger partial charge in [0.2, 0.25) is 0 Å². The molecule has 0 atom stereocenters. The Hall–Kier alpha value is -2.99. The van der Waals surface area contributed by atoms with E-state index in [1.807, 2.05) is 19.9 Å². The Kier molecular flexibility index (Phi) is 3.30. The molecule has 0 amide bonds. The number of thiophene rings is 1. The summed E-state index contributed by atoms with van der Waals surface area (Å²) < 4.78 is 6.39. The highest BCUT2D eigenvalue weighted by Gasteiger charge is 2.17. The average molecular weight is 376 g/mol. The number of nitrogens with zero attached hydrogens (tertiary/aromatic N) is 1. The third-order valence-corrected chi connectivity index (χ3v) is 6.18. The number of aromatic amines is 1. The summed E-state index contributed by atoms with van der Waals surface area (Å²) in [5, 5.41) is 3.17. The molecular formula is C21H16N2O3S. The Bertz CT molecular complexity index is 1520. The summed E-state index contributed by atoms with van der Waals surface area (Å²) in [6.45, 7) is 5.99. The van der Waals surface area contributed by atoms with Crippen molar-refractivity contribution in [2.75, 3.05) is 0 Å². The molecule has 0 aliphatic rings. The number of fused-ring (bicyclic) bond motifs is 7. The van der Waals surface area contributed by atoms with Gasteiger partial charge in [0, 0.05) is 39.7 Å². The van der Waals surface area contributed by atoms with Crippen molar-refractivity contribution in [3.63, 3.8) is 0 Å². The van der Waals surface area contributed by atoms with E-state index in [9.17, 15) is 9.59 Å². The van der Waals surface area contributed by atoms with Gasteiger partial charge in [0.1, 0.15) is 10.4 Å². The molecule has 5 nitrogen and oxygen atoms in total. The molecule has 0 fully saturated rings. The zero-order valence-electron chi connectivity index (χ0n) is 15.1. The van der Waals surface area contributed by atoms with Crippen LogP contribution in [0.15, 0.2) is 38.4 Å². The summed E-state index contributed by atoms with van der Waals surface area (Å²) >= 11 is 1.56. The summed E-state index contributed by atoms with van der Waals surface area (Å²) in [6.07, 6.45) is 2.33. The lowest BCUT2D eigenvalue weighted by atomic mass is 10.0. The van der Waals surface area contributed by atoms with Gasteiger partial charge >= 0.3 is 5.63 Å². The zero-order valence-corrected chi connectivity index (χ0v) is 15.9. The second-order valence-corrected chi connectivity index (χ2v) is 7.84. The van der Waals surface area contributed by atoms with Crippen LogP contribution in [-0.4, -0.2) is 9.97 Å². The Morgan fingerprint density at radius 1 is 1.11 bits per heavy atom. The quantitative estimate of drug-likeness (QED) is 0.343. The first-order chi connectivity index (χ1) is 13.0. The first kappa shape index (κ1) is 16.2. The van der Waals surface area contributed by atoms with Crippen LogP contribution >= 0.6 is 11.3 Å². The fraction of sp³-hybridized carbons (Fsp3) is 0.190. The molecular weight excluding hydrogens is 360 g/mol. The van der Waals surface area contributed by atoms with Crippen molar-refractivity contribution >= 4 is 53.5 Å². The molecule has 27 heavy (non-hydrogen) atoms. The van der Waals surface area contributed by atoms with Crippen molar-refractivity contribution < 1.29 is 4.42 Å². The molecule has 134 valence electrons. The van der Waals surface area contributed by atoms with E-state index in [0.717, 1.165) is 42.5 Å². The number of H-pyrrole nitrogens is 1. The number of nitrogens with one attached hydrogen (secondary N) is 1. The molecule has 6 heteroatoms. The lowest BCUT2D eigenvalue weighted by Crippen LogP contribution is -2.08. The number of aryl methyl sites for hydroxylation is 3. The topological polar surface area (TPSA) is 76.0 Å². The van der Waals surface area contributed by atoms with Gasteiger partial charge in [0.25, 0.3) is 0 Å². The minimum absolute atomic E-state index is 0.101. The highest BCUT2D eigenvalue weighted by Crippen LogP contribution is 2.39. The molecule has 0 unspecified atom stereocenters. The lowest BCUT2D eigenvalue weighted by molar-refractivity contribution is 0.569. The minimum atomic E-state index is -0.447. The molecule has 1 N–H and O–H groups in total. The van der Waals surface area contributed by atoms with Gasteiger partial charge in [-0.05, 0) is 38.0 Å². The molecule has 0 aliphatic heterocycles. The first-order valence-corrected chi connectivity index (χ1v) is 9.61. The highest BCUT2D eigenvalue weighted by molar-refractivity contribution is 7.26. The molecule has 0 aliphatic carbocycles. The van der Waals surface area contributed by atoms with E-state index in [-0.39, 0.29) is 5.43 Å². The third-order valence-electron chi connectivity index (χ3n) is 5.08. The van der Waals surface area contributed by atoms with Crippen molar-refractivity contribution in [1.82, 2.24) is 9.97 Å². The minimum Gasteiger partial charge on any atom is -0.422 e. The summed E-state index contributed by atoms with van der Waals surface area (Å²) in [4.78, 5) is 33.6. The Balaban J connectivity index is 2.11. The number of rotatable bonds is 1. The maximum absolute atomic E-state index is 12.5. The van der Waals surface area contributed by atoms with Crippen LogP contribution in [0.3, 0.4) is 0 Å². The standard InChI is InChI=1S/C21H16N2O3S/c1-4-11-6-12-15(7-14(11)24)26-21(25)13-8-22-18-16-9(2)5-10(3)23-20(16)27-19(18)17(12)13/h5-8,22H,4H2,1-3H3. The number of pyridine rings is 2. The van der Waals surface area contributed by atoms with Crippen LogP contribution in [0.4, 0.5) is 0 Å². The molecule has 0 saturated carbocycles. The second-order valence-electron chi connectivity index (χ2n) is 6.84. The van der Waals surface area contributed by atoms with E-state index < -0.39 is 5.63 Å². The summed E-state index contributed by atoms with van der Waals surface area (Å²) in [7, 11) is 0. The first-order valence-electron chi connectivity index (χ1n) is 8.79. The van der Waals surface area contributed by atoms with Crippen molar-refractivity contribution in [3.05, 3.63) is 61.9 Å². The molecule has 5 aromatic rings. The van der Waals surface area contributed by atoms with Crippen LogP contribution in [0.1, 0.15) is 23.7 Å². The second kappa shape index (κ2) is 5.50. The highest BCUT2D eigenvalue weighted by atomic mass is 32.1. The van der Waals surface area contributed by atoms with Crippen LogP contribution < -0.4 is 11.1 Å². The maximum Gasteiger partial charge on any atom is 0.345 e. The predicted molar refractivity (Wildman–Crippen MR) is 110 cm³/mol. The fourth-order valence-corrected chi connectivity index (χ4v) is 5.17. The SMILES string of the molecule is CCc1cc2c(cc1=O)oc(=O)c1c[nH]c3c(sc4nc(C)cc(C)c43)c12. The van der Waals surface area contributed by atoms with Crippen molar-refractivity contribution in [2.24, 2.45) is 0 Å². The molecule has 4 aromatic heterocycles. The van der Waals surface area contributed by atoms with Gasteiger partial charge in [0.05, 0.1) is 15.6 Å². The molecule has 5 rings (SSSR count). The van der Waals surface area contributed by atoms with Gasteiger partial charge in [-0.3, -0.25) is 4.79 Å². The zero-order chi connectivity index (χ0) is 18.9. The van der Waals surface area contributed by atoms with Gasteiger partial charge in [-0.25, -0.2) is 9.78 Å². The van der Waals surface area contributed by atoms with E-state index in [4.69, 9.17) is 4.42 Å². The Labute approximate surface area is 157 Å². The van der Waals surface area contributed by atoms with E-state index in [1.54, 1.807) is 17.5 Å². The van der Waals surface area contributed by atoms with Gasteiger partial charge in [-0.15, -0.1) is 11.3 Å². The number of aromatic nitrogens is 2. The number of hydrogen-bond acceptors (Lipinski definition) is 5. The van der Waals surface area contributed by atoms with Crippen LogP contribution in [0.25, 0.3) is 42.2 Å². The van der Waals surface area contributed by atoms with Crippen molar-refractivity contribution in [3.8, 4) is 0 Å². The monoisotopic (exact) mass is 376 g/mol. The molecule has 0 saturated heterocycles.